The largest absolute Gasteiger partial charge is 0.396 e. The van der Waals surface area contributed by atoms with Gasteiger partial charge in [0, 0.05) is 19.2 Å². The fraction of sp³-hybridized carbons (Fsp3) is 0.588. The van der Waals surface area contributed by atoms with Crippen LogP contribution in [0, 0.1) is 12.7 Å². The summed E-state index contributed by atoms with van der Waals surface area (Å²) in [4.78, 5) is 14.3. The molecule has 1 saturated heterocycles. The van der Waals surface area contributed by atoms with Gasteiger partial charge >= 0.3 is 6.03 Å². The van der Waals surface area contributed by atoms with E-state index in [0.717, 1.165) is 24.8 Å². The van der Waals surface area contributed by atoms with Crippen LogP contribution in [0.25, 0.3) is 0 Å². The molecule has 1 aliphatic rings. The van der Waals surface area contributed by atoms with Gasteiger partial charge in [-0.2, -0.15) is 0 Å². The van der Waals surface area contributed by atoms with Crippen LogP contribution in [0.4, 0.5) is 9.18 Å². The molecule has 2 unspecified atom stereocenters. The first-order valence-electron chi connectivity index (χ1n) is 7.97. The van der Waals surface area contributed by atoms with Gasteiger partial charge in [-0.3, -0.25) is 0 Å². The van der Waals surface area contributed by atoms with Gasteiger partial charge in [-0.1, -0.05) is 12.1 Å². The number of benzene rings is 1. The van der Waals surface area contributed by atoms with Crippen LogP contribution in [0.3, 0.4) is 0 Å². The Labute approximate surface area is 131 Å². The lowest BCUT2D eigenvalue weighted by Crippen LogP contribution is -2.49. The van der Waals surface area contributed by atoms with Gasteiger partial charge in [0.2, 0.25) is 0 Å². The molecule has 1 heterocycles. The lowest BCUT2D eigenvalue weighted by atomic mass is 10.00. The van der Waals surface area contributed by atoms with Crippen molar-refractivity contribution in [1.29, 1.82) is 0 Å². The molecule has 22 heavy (non-hydrogen) atoms. The van der Waals surface area contributed by atoms with E-state index in [0.29, 0.717) is 18.5 Å². The number of hydrogen-bond donors (Lipinski definition) is 2. The third-order valence-electron chi connectivity index (χ3n) is 4.39. The highest BCUT2D eigenvalue weighted by Crippen LogP contribution is 2.21. The second-order valence-electron chi connectivity index (χ2n) is 6.04. The van der Waals surface area contributed by atoms with Gasteiger partial charge in [0.15, 0.2) is 0 Å². The lowest BCUT2D eigenvalue weighted by Gasteiger charge is -2.36. The maximum absolute atomic E-state index is 13.6. The van der Waals surface area contributed by atoms with E-state index < -0.39 is 0 Å². The fourth-order valence-electron chi connectivity index (χ4n) is 2.95. The Kier molecular flexibility index (Phi) is 5.77. The summed E-state index contributed by atoms with van der Waals surface area (Å²) in [5, 5.41) is 12.1. The molecular weight excluding hydrogens is 283 g/mol. The first-order chi connectivity index (χ1) is 10.5. The van der Waals surface area contributed by atoms with Crippen molar-refractivity contribution in [3.05, 3.63) is 35.1 Å². The number of rotatable bonds is 4. The van der Waals surface area contributed by atoms with Gasteiger partial charge in [-0.25, -0.2) is 9.18 Å². The molecule has 0 bridgehead atoms. The minimum Gasteiger partial charge on any atom is -0.396 e. The molecule has 0 radical (unpaired) electrons. The van der Waals surface area contributed by atoms with Crippen molar-refractivity contribution in [1.82, 2.24) is 10.2 Å². The Morgan fingerprint density at radius 1 is 1.50 bits per heavy atom. The third kappa shape index (κ3) is 3.97. The predicted molar refractivity (Wildman–Crippen MR) is 84.1 cm³/mol. The summed E-state index contributed by atoms with van der Waals surface area (Å²) in [6.07, 6.45) is 3.62. The molecule has 2 rings (SSSR count). The summed E-state index contributed by atoms with van der Waals surface area (Å²) in [5.74, 6) is -0.255. The minimum atomic E-state index is -0.255. The van der Waals surface area contributed by atoms with Crippen molar-refractivity contribution in [3.63, 3.8) is 0 Å². The molecule has 4 nitrogen and oxygen atoms in total. The van der Waals surface area contributed by atoms with Crippen LogP contribution >= 0.6 is 0 Å². The molecule has 5 heteroatoms. The van der Waals surface area contributed by atoms with E-state index in [1.54, 1.807) is 17.9 Å². The number of likely N-dealkylation sites (tertiary alicyclic amines) is 1. The van der Waals surface area contributed by atoms with Crippen LogP contribution in [-0.2, 0) is 0 Å². The molecular formula is C17H25FN2O2. The van der Waals surface area contributed by atoms with Crippen LogP contribution in [0.2, 0.25) is 0 Å². The number of carbonyl (C=O) groups is 1. The Balaban J connectivity index is 2.01. The molecule has 0 aromatic heterocycles. The zero-order valence-corrected chi connectivity index (χ0v) is 13.3. The Morgan fingerprint density at radius 3 is 2.95 bits per heavy atom. The van der Waals surface area contributed by atoms with Crippen LogP contribution in [0.1, 0.15) is 49.8 Å². The quantitative estimate of drug-likeness (QED) is 0.898. The number of aliphatic hydroxyl groups excluding tert-OH is 1. The number of nitrogens with one attached hydrogen (secondary N) is 1. The molecule has 0 spiro atoms. The molecule has 1 aromatic rings. The van der Waals surface area contributed by atoms with Crippen LogP contribution < -0.4 is 5.32 Å². The predicted octanol–water partition coefficient (Wildman–Crippen LogP) is 3.14. The number of halogens is 1. The van der Waals surface area contributed by atoms with Crippen molar-refractivity contribution in [3.8, 4) is 0 Å². The average Bonchev–Trinajstić information content (AvgIpc) is 2.50. The van der Waals surface area contributed by atoms with Gasteiger partial charge in [0.1, 0.15) is 5.82 Å². The summed E-state index contributed by atoms with van der Waals surface area (Å²) >= 11 is 0. The summed E-state index contributed by atoms with van der Waals surface area (Å²) in [7, 11) is 0. The van der Waals surface area contributed by atoms with E-state index in [4.69, 9.17) is 5.11 Å². The van der Waals surface area contributed by atoms with Gasteiger partial charge in [0.05, 0.1) is 6.04 Å². The summed E-state index contributed by atoms with van der Waals surface area (Å²) < 4.78 is 13.6. The number of piperidine rings is 1. The van der Waals surface area contributed by atoms with E-state index in [1.807, 2.05) is 13.0 Å². The number of hydrogen-bond acceptors (Lipinski definition) is 2. The van der Waals surface area contributed by atoms with Crippen molar-refractivity contribution in [2.75, 3.05) is 13.2 Å². The highest BCUT2D eigenvalue weighted by atomic mass is 19.1. The van der Waals surface area contributed by atoms with E-state index in [-0.39, 0.29) is 30.5 Å². The Hall–Kier alpha value is -1.62. The number of aliphatic hydroxyl groups is 1. The number of aryl methyl sites for hydroxylation is 1. The highest BCUT2D eigenvalue weighted by Gasteiger charge is 2.27. The maximum atomic E-state index is 13.6. The normalized spacial score (nSPS) is 19.8. The van der Waals surface area contributed by atoms with Crippen molar-refractivity contribution in [2.24, 2.45) is 0 Å². The molecule has 1 aromatic carbocycles. The standard InChI is InChI=1S/C17H25FN2O2/c1-12-6-7-14(11-16(12)18)13(2)19-17(22)20-9-4-3-5-15(20)8-10-21/h6-7,11,13,15,21H,3-5,8-10H2,1-2H3,(H,19,22). The molecule has 2 atom stereocenters. The summed E-state index contributed by atoms with van der Waals surface area (Å²) in [6, 6.07) is 4.75. The zero-order chi connectivity index (χ0) is 16.1. The Bertz CT molecular complexity index is 519. The van der Waals surface area contributed by atoms with Crippen molar-refractivity contribution < 1.29 is 14.3 Å². The molecule has 2 N–H and O–H groups in total. The van der Waals surface area contributed by atoms with Gasteiger partial charge < -0.3 is 15.3 Å². The average molecular weight is 308 g/mol. The Morgan fingerprint density at radius 2 is 2.27 bits per heavy atom. The van der Waals surface area contributed by atoms with E-state index in [9.17, 15) is 9.18 Å². The number of nitrogens with zero attached hydrogens (tertiary/aromatic N) is 1. The number of carbonyl (C=O) groups excluding carboxylic acids is 1. The summed E-state index contributed by atoms with van der Waals surface area (Å²) in [6.45, 7) is 4.38. The van der Waals surface area contributed by atoms with Gasteiger partial charge in [-0.15, -0.1) is 0 Å². The number of amides is 2. The van der Waals surface area contributed by atoms with E-state index in [2.05, 4.69) is 5.32 Å². The van der Waals surface area contributed by atoms with Crippen LogP contribution in [0.15, 0.2) is 18.2 Å². The number of urea groups is 1. The van der Waals surface area contributed by atoms with Crippen LogP contribution in [0.5, 0.6) is 0 Å². The topological polar surface area (TPSA) is 52.6 Å². The van der Waals surface area contributed by atoms with E-state index in [1.165, 1.54) is 6.07 Å². The SMILES string of the molecule is Cc1ccc(C(C)NC(=O)N2CCCCC2CCO)cc1F. The maximum Gasteiger partial charge on any atom is 0.318 e. The summed E-state index contributed by atoms with van der Waals surface area (Å²) in [5.41, 5.74) is 1.36. The van der Waals surface area contributed by atoms with E-state index >= 15 is 0 Å². The molecule has 122 valence electrons. The second kappa shape index (κ2) is 7.58. The smallest absolute Gasteiger partial charge is 0.318 e. The molecule has 0 aliphatic carbocycles. The van der Waals surface area contributed by atoms with Crippen molar-refractivity contribution >= 4 is 6.03 Å². The molecule has 2 amide bonds. The first-order valence-corrected chi connectivity index (χ1v) is 7.97. The fourth-order valence-corrected chi connectivity index (χ4v) is 2.95. The van der Waals surface area contributed by atoms with Crippen LogP contribution in [-0.4, -0.2) is 35.2 Å². The van der Waals surface area contributed by atoms with Gasteiger partial charge in [-0.05, 0) is 56.7 Å². The highest BCUT2D eigenvalue weighted by molar-refractivity contribution is 5.75. The van der Waals surface area contributed by atoms with Crippen molar-refractivity contribution in [2.45, 2.75) is 51.6 Å². The monoisotopic (exact) mass is 308 g/mol. The molecule has 1 fully saturated rings. The minimum absolute atomic E-state index is 0.0905. The zero-order valence-electron chi connectivity index (χ0n) is 13.3. The second-order valence-corrected chi connectivity index (χ2v) is 6.04. The van der Waals surface area contributed by atoms with Gasteiger partial charge in [0.25, 0.3) is 0 Å². The molecule has 0 saturated carbocycles. The lowest BCUT2D eigenvalue weighted by molar-refractivity contribution is 0.130. The molecule has 1 aliphatic heterocycles. The first kappa shape index (κ1) is 16.7. The third-order valence-corrected chi connectivity index (χ3v) is 4.39.